The van der Waals surface area contributed by atoms with Crippen molar-refractivity contribution in [1.29, 1.82) is 0 Å². The van der Waals surface area contributed by atoms with Gasteiger partial charge in [0.15, 0.2) is 0 Å². The zero-order valence-electron chi connectivity index (χ0n) is 17.1. The molecular weight excluding hydrogens is 420 g/mol. The maximum absolute atomic E-state index is 13.6. The lowest BCUT2D eigenvalue weighted by Crippen LogP contribution is -2.25. The van der Waals surface area contributed by atoms with E-state index in [1.54, 1.807) is 24.3 Å². The van der Waals surface area contributed by atoms with Gasteiger partial charge in [0, 0.05) is 40.9 Å². The van der Waals surface area contributed by atoms with Crippen LogP contribution in [0.5, 0.6) is 0 Å². The second-order valence-corrected chi connectivity index (χ2v) is 9.98. The molecule has 0 saturated heterocycles. The standard InChI is InChI=1S/C26H20N2O3S/c29-23-15-17-9-12-24(20-8-4-7-19(23)25(17)20)32(30,31)28-22-11-10-21-18(13-14-27-21)26(22)16-5-2-1-3-6-16/h1-14,19,25,27-28H,15H2. The van der Waals surface area contributed by atoms with Crippen molar-refractivity contribution in [2.75, 3.05) is 4.72 Å². The Morgan fingerprint density at radius 2 is 1.81 bits per heavy atom. The van der Waals surface area contributed by atoms with Gasteiger partial charge in [-0.25, -0.2) is 8.42 Å². The van der Waals surface area contributed by atoms with Crippen LogP contribution in [0.3, 0.4) is 0 Å². The van der Waals surface area contributed by atoms with Gasteiger partial charge >= 0.3 is 0 Å². The minimum atomic E-state index is -3.88. The van der Waals surface area contributed by atoms with Gasteiger partial charge in [-0.2, -0.15) is 0 Å². The van der Waals surface area contributed by atoms with Crippen molar-refractivity contribution in [3.63, 3.8) is 0 Å². The first-order valence-electron chi connectivity index (χ1n) is 10.5. The fraction of sp³-hybridized carbons (Fsp3) is 0.115. The highest BCUT2D eigenvalue weighted by Gasteiger charge is 2.44. The first kappa shape index (κ1) is 19.1. The summed E-state index contributed by atoms with van der Waals surface area (Å²) < 4.78 is 30.1. The number of rotatable bonds is 4. The highest BCUT2D eigenvalue weighted by molar-refractivity contribution is 7.96. The topological polar surface area (TPSA) is 79.0 Å². The molecule has 1 aromatic heterocycles. The Labute approximate surface area is 185 Å². The van der Waals surface area contributed by atoms with E-state index in [-0.39, 0.29) is 22.5 Å². The lowest BCUT2D eigenvalue weighted by molar-refractivity contribution is -0.119. The normalized spacial score (nSPS) is 21.8. The van der Waals surface area contributed by atoms with Gasteiger partial charge in [-0.1, -0.05) is 60.2 Å². The van der Waals surface area contributed by atoms with Gasteiger partial charge in [0.05, 0.1) is 10.6 Å². The van der Waals surface area contributed by atoms with Crippen molar-refractivity contribution >= 4 is 32.4 Å². The average Bonchev–Trinajstić information content (AvgIpc) is 3.40. The smallest absolute Gasteiger partial charge is 0.262 e. The van der Waals surface area contributed by atoms with Crippen LogP contribution in [0, 0.1) is 11.8 Å². The maximum Gasteiger partial charge on any atom is 0.262 e. The molecule has 2 unspecified atom stereocenters. The van der Waals surface area contributed by atoms with Crippen molar-refractivity contribution in [3.8, 4) is 11.1 Å². The van der Waals surface area contributed by atoms with E-state index in [0.29, 0.717) is 17.7 Å². The van der Waals surface area contributed by atoms with Crippen LogP contribution in [0.2, 0.25) is 0 Å². The second-order valence-electron chi connectivity index (χ2n) is 8.32. The molecule has 3 aliphatic carbocycles. The van der Waals surface area contributed by atoms with Crippen molar-refractivity contribution in [3.05, 3.63) is 101 Å². The number of ketones is 1. The SMILES string of the molecule is O=C1CC2=CC=C(S(=O)(=O)Nc3ccc4[nH]ccc4c3-c3ccccc3)C3=CC=CC1C23. The van der Waals surface area contributed by atoms with Crippen LogP contribution >= 0.6 is 0 Å². The number of hydrogen-bond donors (Lipinski definition) is 2. The summed E-state index contributed by atoms with van der Waals surface area (Å²) in [7, 11) is -3.88. The van der Waals surface area contributed by atoms with Gasteiger partial charge < -0.3 is 4.98 Å². The first-order valence-corrected chi connectivity index (χ1v) is 12.0. The zero-order chi connectivity index (χ0) is 21.9. The van der Waals surface area contributed by atoms with Crippen LogP contribution in [0.4, 0.5) is 5.69 Å². The Kier molecular flexibility index (Phi) is 4.13. The number of allylic oxidation sites excluding steroid dienone is 7. The number of nitrogens with one attached hydrogen (secondary N) is 2. The largest absolute Gasteiger partial charge is 0.361 e. The molecule has 0 spiro atoms. The quantitative estimate of drug-likeness (QED) is 0.592. The number of aromatic amines is 1. The third-order valence-electron chi connectivity index (χ3n) is 6.50. The number of benzene rings is 2. The Morgan fingerprint density at radius 1 is 0.969 bits per heavy atom. The van der Waals surface area contributed by atoms with E-state index in [1.165, 1.54) is 0 Å². The van der Waals surface area contributed by atoms with E-state index in [0.717, 1.165) is 27.6 Å². The monoisotopic (exact) mass is 440 g/mol. The zero-order valence-corrected chi connectivity index (χ0v) is 17.9. The van der Waals surface area contributed by atoms with Crippen molar-refractivity contribution in [2.45, 2.75) is 6.42 Å². The van der Waals surface area contributed by atoms with Gasteiger partial charge in [0.2, 0.25) is 0 Å². The summed E-state index contributed by atoms with van der Waals surface area (Å²) in [5, 5.41) is 0.942. The van der Waals surface area contributed by atoms with Crippen molar-refractivity contribution in [2.24, 2.45) is 11.8 Å². The Hall–Kier alpha value is -3.64. The van der Waals surface area contributed by atoms with Crippen LogP contribution in [0.15, 0.2) is 101 Å². The van der Waals surface area contributed by atoms with E-state index >= 15 is 0 Å². The fourth-order valence-electron chi connectivity index (χ4n) is 5.10. The summed E-state index contributed by atoms with van der Waals surface area (Å²) in [5.41, 5.74) is 4.89. The number of carbonyl (C=O) groups excluding carboxylic acids is 1. The molecule has 3 aliphatic rings. The van der Waals surface area contributed by atoms with Crippen LogP contribution in [-0.2, 0) is 14.8 Å². The Balaban J connectivity index is 1.46. The summed E-state index contributed by atoms with van der Waals surface area (Å²) in [6.45, 7) is 0. The molecule has 0 bridgehead atoms. The van der Waals surface area contributed by atoms with Crippen molar-refractivity contribution < 1.29 is 13.2 Å². The van der Waals surface area contributed by atoms with E-state index in [4.69, 9.17) is 0 Å². The number of aromatic nitrogens is 1. The minimum absolute atomic E-state index is 0.146. The molecule has 0 amide bonds. The van der Waals surface area contributed by atoms with Gasteiger partial charge in [-0.3, -0.25) is 9.52 Å². The third-order valence-corrected chi connectivity index (χ3v) is 7.94. The van der Waals surface area contributed by atoms with Gasteiger partial charge in [-0.15, -0.1) is 0 Å². The van der Waals surface area contributed by atoms with Crippen molar-refractivity contribution in [1.82, 2.24) is 4.98 Å². The number of H-pyrrole nitrogens is 1. The van der Waals surface area contributed by atoms with Crippen LogP contribution in [0.1, 0.15) is 6.42 Å². The number of Topliss-reactive ketones (excluding diaryl/α,β-unsaturated/α-hetero) is 1. The molecule has 2 aromatic carbocycles. The highest BCUT2D eigenvalue weighted by atomic mass is 32.2. The third kappa shape index (κ3) is 2.83. The van der Waals surface area contributed by atoms with E-state index in [9.17, 15) is 13.2 Å². The van der Waals surface area contributed by atoms with E-state index in [2.05, 4.69) is 9.71 Å². The molecule has 6 rings (SSSR count). The van der Waals surface area contributed by atoms with Crippen LogP contribution < -0.4 is 4.72 Å². The summed E-state index contributed by atoms with van der Waals surface area (Å²) >= 11 is 0. The maximum atomic E-state index is 13.6. The molecule has 158 valence electrons. The minimum Gasteiger partial charge on any atom is -0.361 e. The molecule has 2 N–H and O–H groups in total. The lowest BCUT2D eigenvalue weighted by Gasteiger charge is -2.28. The van der Waals surface area contributed by atoms with E-state index < -0.39 is 10.0 Å². The Morgan fingerprint density at radius 3 is 2.66 bits per heavy atom. The summed E-state index contributed by atoms with van der Waals surface area (Å²) in [5.74, 6) is -0.298. The highest BCUT2D eigenvalue weighted by Crippen LogP contribution is 2.48. The van der Waals surface area contributed by atoms with Gasteiger partial charge in [0.25, 0.3) is 10.0 Å². The number of sulfonamides is 1. The number of fused-ring (bicyclic) bond motifs is 1. The fourth-order valence-corrected chi connectivity index (χ4v) is 6.42. The molecule has 2 atom stereocenters. The predicted molar refractivity (Wildman–Crippen MR) is 126 cm³/mol. The summed E-state index contributed by atoms with van der Waals surface area (Å²) in [6, 6.07) is 15.4. The number of anilines is 1. The Bertz CT molecular complexity index is 1500. The summed E-state index contributed by atoms with van der Waals surface area (Å²) in [6.07, 6.45) is 11.2. The summed E-state index contributed by atoms with van der Waals surface area (Å²) in [4.78, 5) is 15.8. The first-order chi connectivity index (χ1) is 15.5. The molecule has 5 nitrogen and oxygen atoms in total. The molecule has 0 aliphatic heterocycles. The second kappa shape index (κ2) is 6.93. The number of hydrogen-bond acceptors (Lipinski definition) is 3. The predicted octanol–water partition coefficient (Wildman–Crippen LogP) is 5.10. The van der Waals surface area contributed by atoms with Crippen LogP contribution in [-0.4, -0.2) is 19.2 Å². The van der Waals surface area contributed by atoms with Gasteiger partial charge in [0.1, 0.15) is 5.78 Å². The molecule has 1 heterocycles. The number of carbonyl (C=O) groups is 1. The van der Waals surface area contributed by atoms with Gasteiger partial charge in [-0.05, 0) is 35.4 Å². The molecular formula is C26H20N2O3S. The molecule has 32 heavy (non-hydrogen) atoms. The van der Waals surface area contributed by atoms with Crippen LogP contribution in [0.25, 0.3) is 22.0 Å². The molecule has 6 heteroatoms. The molecule has 0 radical (unpaired) electrons. The molecule has 1 saturated carbocycles. The lowest BCUT2D eigenvalue weighted by atomic mass is 9.80. The van der Waals surface area contributed by atoms with E-state index in [1.807, 2.05) is 60.8 Å². The average molecular weight is 441 g/mol. The molecule has 1 fully saturated rings. The molecule has 3 aromatic rings.